The summed E-state index contributed by atoms with van der Waals surface area (Å²) in [7, 11) is 0. The van der Waals surface area contributed by atoms with Gasteiger partial charge in [-0.15, -0.1) is 0 Å². The van der Waals surface area contributed by atoms with E-state index in [9.17, 15) is 0 Å². The third kappa shape index (κ3) is 3.69. The van der Waals surface area contributed by atoms with Crippen molar-refractivity contribution in [2.45, 2.75) is 25.8 Å². The van der Waals surface area contributed by atoms with Gasteiger partial charge in [0.2, 0.25) is 0 Å². The van der Waals surface area contributed by atoms with E-state index in [4.69, 9.17) is 0 Å². The highest BCUT2D eigenvalue weighted by molar-refractivity contribution is 7.07. The average Bonchev–Trinajstić information content (AvgIpc) is 2.89. The smallest absolute Gasteiger partial charge is 0.0369 e. The molecule has 1 unspecified atom stereocenters. The van der Waals surface area contributed by atoms with Crippen LogP contribution in [0.3, 0.4) is 0 Å². The second-order valence-electron chi connectivity index (χ2n) is 4.25. The normalized spacial score (nSPS) is 12.5. The SMILES string of the molecule is CCCNC(Cc1ccccc1)c1ccsc1. The van der Waals surface area contributed by atoms with Gasteiger partial charge >= 0.3 is 0 Å². The molecule has 0 aliphatic rings. The molecule has 0 saturated heterocycles. The molecule has 0 bridgehead atoms. The average molecular weight is 245 g/mol. The van der Waals surface area contributed by atoms with Crippen LogP contribution in [0.15, 0.2) is 47.2 Å². The van der Waals surface area contributed by atoms with Crippen molar-refractivity contribution in [3.8, 4) is 0 Å². The maximum absolute atomic E-state index is 3.63. The van der Waals surface area contributed by atoms with Gasteiger partial charge in [0.25, 0.3) is 0 Å². The maximum atomic E-state index is 3.63. The molecule has 1 nitrogen and oxygen atoms in total. The highest BCUT2D eigenvalue weighted by Gasteiger charge is 2.11. The summed E-state index contributed by atoms with van der Waals surface area (Å²) in [6.07, 6.45) is 2.24. The van der Waals surface area contributed by atoms with Crippen molar-refractivity contribution in [3.63, 3.8) is 0 Å². The molecule has 0 amide bonds. The summed E-state index contributed by atoms with van der Waals surface area (Å²) in [4.78, 5) is 0. The van der Waals surface area contributed by atoms with Gasteiger partial charge in [0.05, 0.1) is 0 Å². The van der Waals surface area contributed by atoms with E-state index in [1.165, 1.54) is 17.5 Å². The lowest BCUT2D eigenvalue weighted by Gasteiger charge is -2.17. The molecular weight excluding hydrogens is 226 g/mol. The molecule has 2 aromatic rings. The van der Waals surface area contributed by atoms with Crippen molar-refractivity contribution in [1.82, 2.24) is 5.32 Å². The molecular formula is C15H19NS. The van der Waals surface area contributed by atoms with E-state index in [2.05, 4.69) is 59.4 Å². The molecule has 0 aliphatic heterocycles. The third-order valence-electron chi connectivity index (χ3n) is 2.87. The Morgan fingerprint density at radius 3 is 2.65 bits per heavy atom. The summed E-state index contributed by atoms with van der Waals surface area (Å²) in [5.74, 6) is 0. The summed E-state index contributed by atoms with van der Waals surface area (Å²) < 4.78 is 0. The van der Waals surface area contributed by atoms with E-state index < -0.39 is 0 Å². The number of nitrogens with one attached hydrogen (secondary N) is 1. The number of hydrogen-bond donors (Lipinski definition) is 1. The molecule has 2 heteroatoms. The van der Waals surface area contributed by atoms with E-state index >= 15 is 0 Å². The van der Waals surface area contributed by atoms with Gasteiger partial charge in [0.15, 0.2) is 0 Å². The van der Waals surface area contributed by atoms with Crippen molar-refractivity contribution in [2.24, 2.45) is 0 Å². The van der Waals surface area contributed by atoms with Crippen LogP contribution >= 0.6 is 11.3 Å². The predicted octanol–water partition coefficient (Wildman–Crippen LogP) is 4.03. The second kappa shape index (κ2) is 6.58. The van der Waals surface area contributed by atoms with Crippen molar-refractivity contribution < 1.29 is 0 Å². The summed E-state index contributed by atoms with van der Waals surface area (Å²) in [5.41, 5.74) is 2.81. The lowest BCUT2D eigenvalue weighted by Crippen LogP contribution is -2.23. The van der Waals surface area contributed by atoms with Crippen molar-refractivity contribution >= 4 is 11.3 Å². The molecule has 1 aromatic heterocycles. The molecule has 1 N–H and O–H groups in total. The fraction of sp³-hybridized carbons (Fsp3) is 0.333. The first kappa shape index (κ1) is 12.3. The lowest BCUT2D eigenvalue weighted by atomic mass is 10.0. The Hall–Kier alpha value is -1.12. The Bertz CT molecular complexity index is 408. The van der Waals surface area contributed by atoms with Crippen LogP contribution in [-0.2, 0) is 6.42 Å². The number of hydrogen-bond acceptors (Lipinski definition) is 2. The van der Waals surface area contributed by atoms with Crippen molar-refractivity contribution in [3.05, 3.63) is 58.3 Å². The topological polar surface area (TPSA) is 12.0 Å². The lowest BCUT2D eigenvalue weighted by molar-refractivity contribution is 0.530. The van der Waals surface area contributed by atoms with Gasteiger partial charge in [-0.3, -0.25) is 0 Å². The van der Waals surface area contributed by atoms with Crippen molar-refractivity contribution in [2.75, 3.05) is 6.54 Å². The molecule has 1 heterocycles. The van der Waals surface area contributed by atoms with Gasteiger partial charge in [-0.25, -0.2) is 0 Å². The Morgan fingerprint density at radius 2 is 2.00 bits per heavy atom. The van der Waals surface area contributed by atoms with Gasteiger partial charge in [0, 0.05) is 6.04 Å². The minimum Gasteiger partial charge on any atom is -0.310 e. The molecule has 0 saturated carbocycles. The Morgan fingerprint density at radius 1 is 1.18 bits per heavy atom. The first-order valence-corrected chi connectivity index (χ1v) is 7.14. The zero-order valence-electron chi connectivity index (χ0n) is 10.2. The number of rotatable bonds is 6. The number of thiophene rings is 1. The van der Waals surface area contributed by atoms with Gasteiger partial charge in [0.1, 0.15) is 0 Å². The zero-order valence-corrected chi connectivity index (χ0v) is 11.0. The number of benzene rings is 1. The van der Waals surface area contributed by atoms with E-state index in [-0.39, 0.29) is 0 Å². The summed E-state index contributed by atoms with van der Waals surface area (Å²) >= 11 is 1.77. The Balaban J connectivity index is 2.06. The first-order valence-electron chi connectivity index (χ1n) is 6.19. The van der Waals surface area contributed by atoms with Gasteiger partial charge in [-0.2, -0.15) is 11.3 Å². The molecule has 1 aromatic carbocycles. The molecule has 0 fully saturated rings. The van der Waals surface area contributed by atoms with Crippen LogP contribution in [0, 0.1) is 0 Å². The largest absolute Gasteiger partial charge is 0.310 e. The quantitative estimate of drug-likeness (QED) is 0.810. The van der Waals surface area contributed by atoms with Crippen LogP contribution in [-0.4, -0.2) is 6.54 Å². The Kier molecular flexibility index (Phi) is 4.77. The standard InChI is InChI=1S/C15H19NS/c1-2-9-16-15(14-8-10-17-12-14)11-13-6-4-3-5-7-13/h3-8,10,12,15-16H,2,9,11H2,1H3. The molecule has 2 rings (SSSR count). The van der Waals surface area contributed by atoms with Gasteiger partial charge in [-0.05, 0) is 47.3 Å². The molecule has 0 aliphatic carbocycles. The summed E-state index contributed by atoms with van der Waals surface area (Å²) in [5, 5.41) is 8.03. The summed E-state index contributed by atoms with van der Waals surface area (Å²) in [6.45, 7) is 3.29. The van der Waals surface area contributed by atoms with Gasteiger partial charge in [-0.1, -0.05) is 37.3 Å². The van der Waals surface area contributed by atoms with Crippen molar-refractivity contribution in [1.29, 1.82) is 0 Å². The predicted molar refractivity (Wildman–Crippen MR) is 75.5 cm³/mol. The fourth-order valence-corrected chi connectivity index (χ4v) is 2.66. The van der Waals surface area contributed by atoms with Crippen LogP contribution in [0.25, 0.3) is 0 Å². The molecule has 0 spiro atoms. The van der Waals surface area contributed by atoms with Gasteiger partial charge < -0.3 is 5.32 Å². The monoisotopic (exact) mass is 245 g/mol. The van der Waals surface area contributed by atoms with E-state index in [0.29, 0.717) is 6.04 Å². The van der Waals surface area contributed by atoms with E-state index in [0.717, 1.165) is 13.0 Å². The third-order valence-corrected chi connectivity index (χ3v) is 3.57. The van der Waals surface area contributed by atoms with Crippen LogP contribution in [0.1, 0.15) is 30.5 Å². The van der Waals surface area contributed by atoms with Crippen LogP contribution in [0.5, 0.6) is 0 Å². The minimum absolute atomic E-state index is 0.448. The summed E-state index contributed by atoms with van der Waals surface area (Å²) in [6, 6.07) is 13.4. The molecule has 17 heavy (non-hydrogen) atoms. The zero-order chi connectivity index (χ0) is 11.9. The van der Waals surface area contributed by atoms with Crippen LogP contribution in [0.2, 0.25) is 0 Å². The van der Waals surface area contributed by atoms with Crippen LogP contribution < -0.4 is 5.32 Å². The molecule has 1 atom stereocenters. The van der Waals surface area contributed by atoms with E-state index in [1.54, 1.807) is 11.3 Å². The van der Waals surface area contributed by atoms with Crippen LogP contribution in [0.4, 0.5) is 0 Å². The minimum atomic E-state index is 0.448. The molecule has 0 radical (unpaired) electrons. The molecule has 90 valence electrons. The maximum Gasteiger partial charge on any atom is 0.0369 e. The second-order valence-corrected chi connectivity index (χ2v) is 5.03. The highest BCUT2D eigenvalue weighted by atomic mass is 32.1. The fourth-order valence-electron chi connectivity index (χ4n) is 1.95. The first-order chi connectivity index (χ1) is 8.40. The van der Waals surface area contributed by atoms with E-state index in [1.807, 2.05) is 0 Å². The highest BCUT2D eigenvalue weighted by Crippen LogP contribution is 2.20. The Labute approximate surface area is 108 Å².